The second-order valence-corrected chi connectivity index (χ2v) is 8.73. The number of carbonyl (C=O) groups excluding carboxylic acids is 2. The third-order valence-electron chi connectivity index (χ3n) is 5.69. The van der Waals surface area contributed by atoms with Crippen LogP contribution in [-0.4, -0.2) is 18.4 Å². The number of benzene rings is 3. The van der Waals surface area contributed by atoms with Gasteiger partial charge in [0.05, 0.1) is 4.88 Å². The highest BCUT2D eigenvalue weighted by atomic mass is 32.1. The molecule has 1 N–H and O–H groups in total. The van der Waals surface area contributed by atoms with Crippen LogP contribution in [0.15, 0.2) is 90.3 Å². The predicted molar refractivity (Wildman–Crippen MR) is 131 cm³/mol. The highest BCUT2D eigenvalue weighted by molar-refractivity contribution is 7.12. The maximum atomic E-state index is 12.9. The number of amides is 2. The topological polar surface area (TPSA) is 49.4 Å². The van der Waals surface area contributed by atoms with Crippen molar-refractivity contribution < 1.29 is 9.59 Å². The fourth-order valence-electron chi connectivity index (χ4n) is 4.07. The van der Waals surface area contributed by atoms with Crippen molar-refractivity contribution in [3.05, 3.63) is 106 Å². The second kappa shape index (κ2) is 8.81. The lowest BCUT2D eigenvalue weighted by molar-refractivity contribution is 0.0987. The number of hydrogen-bond acceptors (Lipinski definition) is 3. The van der Waals surface area contributed by atoms with Crippen molar-refractivity contribution in [2.24, 2.45) is 0 Å². The van der Waals surface area contributed by atoms with E-state index in [1.165, 1.54) is 11.3 Å². The first-order valence-electron chi connectivity index (χ1n) is 10.6. The average molecular weight is 439 g/mol. The summed E-state index contributed by atoms with van der Waals surface area (Å²) in [6.07, 6.45) is 1.79. The molecule has 2 heterocycles. The largest absolute Gasteiger partial charge is 0.322 e. The van der Waals surface area contributed by atoms with E-state index < -0.39 is 0 Å². The fourth-order valence-corrected chi connectivity index (χ4v) is 4.74. The van der Waals surface area contributed by atoms with Crippen LogP contribution in [0.2, 0.25) is 0 Å². The Morgan fingerprint density at radius 2 is 1.62 bits per heavy atom. The molecule has 0 fully saturated rings. The van der Waals surface area contributed by atoms with Gasteiger partial charge in [-0.2, -0.15) is 0 Å². The lowest BCUT2D eigenvalue weighted by Gasteiger charge is -2.29. The van der Waals surface area contributed by atoms with Crippen molar-refractivity contribution in [1.82, 2.24) is 0 Å². The lowest BCUT2D eigenvalue weighted by atomic mass is 10.0. The first kappa shape index (κ1) is 20.2. The van der Waals surface area contributed by atoms with Crippen LogP contribution in [0.4, 0.5) is 11.4 Å². The molecule has 0 saturated heterocycles. The fraction of sp³-hybridized carbons (Fsp3) is 0.111. The minimum Gasteiger partial charge on any atom is -0.322 e. The van der Waals surface area contributed by atoms with Crippen molar-refractivity contribution in [3.63, 3.8) is 0 Å². The van der Waals surface area contributed by atoms with Crippen molar-refractivity contribution in [2.75, 3.05) is 16.8 Å². The molecule has 3 aromatic carbocycles. The molecule has 0 saturated carbocycles. The van der Waals surface area contributed by atoms with Crippen molar-refractivity contribution >= 4 is 34.5 Å². The number of aryl methyl sites for hydroxylation is 1. The summed E-state index contributed by atoms with van der Waals surface area (Å²) in [6, 6.07) is 27.3. The van der Waals surface area contributed by atoms with Crippen molar-refractivity contribution in [1.29, 1.82) is 0 Å². The number of anilines is 2. The Balaban J connectivity index is 1.32. The number of carbonyl (C=O) groups is 2. The minimum absolute atomic E-state index is 0.0382. The maximum absolute atomic E-state index is 12.9. The van der Waals surface area contributed by atoms with Crippen LogP contribution in [0.5, 0.6) is 0 Å². The van der Waals surface area contributed by atoms with Gasteiger partial charge in [0.2, 0.25) is 0 Å². The number of hydrogen-bond donors (Lipinski definition) is 1. The van der Waals surface area contributed by atoms with Gasteiger partial charge in [-0.15, -0.1) is 11.3 Å². The molecular formula is C27H22N2O2S. The first-order valence-corrected chi connectivity index (χ1v) is 11.5. The summed E-state index contributed by atoms with van der Waals surface area (Å²) in [5, 5.41) is 4.92. The Morgan fingerprint density at radius 3 is 2.38 bits per heavy atom. The van der Waals surface area contributed by atoms with Gasteiger partial charge in [-0.3, -0.25) is 9.59 Å². The minimum atomic E-state index is -0.146. The Hall–Kier alpha value is -3.70. The van der Waals surface area contributed by atoms with Crippen LogP contribution in [0.1, 0.15) is 32.0 Å². The standard InChI is InChI=1S/C27H22N2O2S/c30-26(21-12-10-20(11-13-21)19-6-2-1-3-7-19)28-23-14-15-24-22(18-23)8-4-16-29(24)27(31)25-9-5-17-32-25/h1-3,5-7,9-15,17-18H,4,8,16H2,(H,28,30). The van der Waals surface area contributed by atoms with Gasteiger partial charge in [-0.25, -0.2) is 0 Å². The molecule has 1 aliphatic rings. The molecule has 4 nitrogen and oxygen atoms in total. The van der Waals surface area contributed by atoms with E-state index in [2.05, 4.69) is 17.4 Å². The second-order valence-electron chi connectivity index (χ2n) is 7.78. The monoisotopic (exact) mass is 438 g/mol. The molecule has 0 spiro atoms. The summed E-state index contributed by atoms with van der Waals surface area (Å²) in [5.41, 5.74) is 5.56. The lowest BCUT2D eigenvalue weighted by Crippen LogP contribution is -2.35. The first-order chi connectivity index (χ1) is 15.7. The molecule has 0 aliphatic carbocycles. The molecule has 0 bridgehead atoms. The molecule has 5 rings (SSSR count). The summed E-state index contributed by atoms with van der Waals surface area (Å²) in [6.45, 7) is 0.712. The number of rotatable bonds is 4. The highest BCUT2D eigenvalue weighted by Gasteiger charge is 2.24. The summed E-state index contributed by atoms with van der Waals surface area (Å²) in [5.74, 6) is -0.108. The number of nitrogens with one attached hydrogen (secondary N) is 1. The van der Waals surface area contributed by atoms with E-state index in [0.29, 0.717) is 12.1 Å². The summed E-state index contributed by atoms with van der Waals surface area (Å²) >= 11 is 1.46. The van der Waals surface area contributed by atoms with E-state index >= 15 is 0 Å². The summed E-state index contributed by atoms with van der Waals surface area (Å²) in [4.78, 5) is 28.2. The van der Waals surface area contributed by atoms with Gasteiger partial charge in [0.15, 0.2) is 0 Å². The van der Waals surface area contributed by atoms with E-state index in [9.17, 15) is 9.59 Å². The van der Waals surface area contributed by atoms with Crippen molar-refractivity contribution in [2.45, 2.75) is 12.8 Å². The zero-order chi connectivity index (χ0) is 21.9. The van der Waals surface area contributed by atoms with E-state index in [1.54, 1.807) is 0 Å². The van der Waals surface area contributed by atoms with E-state index in [1.807, 2.05) is 83.1 Å². The molecule has 0 atom stereocenters. The van der Waals surface area contributed by atoms with Gasteiger partial charge in [0.25, 0.3) is 11.8 Å². The number of thiophene rings is 1. The molecule has 0 radical (unpaired) electrons. The zero-order valence-electron chi connectivity index (χ0n) is 17.5. The van der Waals surface area contributed by atoms with Gasteiger partial charge in [-0.05, 0) is 71.3 Å². The summed E-state index contributed by atoms with van der Waals surface area (Å²) in [7, 11) is 0. The van der Waals surface area contributed by atoms with Crippen LogP contribution in [0, 0.1) is 0 Å². The molecule has 32 heavy (non-hydrogen) atoms. The Bertz CT molecular complexity index is 1250. The van der Waals surface area contributed by atoms with Crippen LogP contribution in [0.25, 0.3) is 11.1 Å². The van der Waals surface area contributed by atoms with Gasteiger partial charge < -0.3 is 10.2 Å². The molecule has 158 valence electrons. The van der Waals surface area contributed by atoms with E-state index in [0.717, 1.165) is 45.8 Å². The zero-order valence-corrected chi connectivity index (χ0v) is 18.3. The third-order valence-corrected chi connectivity index (χ3v) is 6.55. The van der Waals surface area contributed by atoms with Crippen LogP contribution < -0.4 is 10.2 Å². The molecule has 0 unspecified atom stereocenters. The molecule has 5 heteroatoms. The quantitative estimate of drug-likeness (QED) is 0.409. The van der Waals surface area contributed by atoms with E-state index in [-0.39, 0.29) is 11.8 Å². The Kier molecular flexibility index (Phi) is 5.57. The number of fused-ring (bicyclic) bond motifs is 1. The predicted octanol–water partition coefficient (Wildman–Crippen LogP) is 6.26. The third kappa shape index (κ3) is 4.07. The molecular weight excluding hydrogens is 416 g/mol. The van der Waals surface area contributed by atoms with Gasteiger partial charge in [0, 0.05) is 23.5 Å². The smallest absolute Gasteiger partial charge is 0.268 e. The molecule has 4 aromatic rings. The van der Waals surface area contributed by atoms with E-state index in [4.69, 9.17) is 0 Å². The molecule has 1 aliphatic heterocycles. The van der Waals surface area contributed by atoms with Crippen LogP contribution in [0.3, 0.4) is 0 Å². The SMILES string of the molecule is O=C(Nc1ccc2c(c1)CCCN2C(=O)c1cccs1)c1ccc(-c2ccccc2)cc1. The van der Waals surface area contributed by atoms with Gasteiger partial charge in [-0.1, -0.05) is 48.5 Å². The molecule has 2 amide bonds. The Morgan fingerprint density at radius 1 is 0.844 bits per heavy atom. The highest BCUT2D eigenvalue weighted by Crippen LogP contribution is 2.31. The average Bonchev–Trinajstić information content (AvgIpc) is 3.39. The van der Waals surface area contributed by atoms with Gasteiger partial charge in [0.1, 0.15) is 0 Å². The van der Waals surface area contributed by atoms with Crippen LogP contribution in [-0.2, 0) is 6.42 Å². The van der Waals surface area contributed by atoms with Crippen molar-refractivity contribution in [3.8, 4) is 11.1 Å². The van der Waals surface area contributed by atoms with Crippen LogP contribution >= 0.6 is 11.3 Å². The summed E-state index contributed by atoms with van der Waals surface area (Å²) < 4.78 is 0. The molecule has 1 aromatic heterocycles. The normalized spacial score (nSPS) is 12.8. The number of nitrogens with zero attached hydrogens (tertiary/aromatic N) is 1. The Labute approximate surface area is 191 Å². The van der Waals surface area contributed by atoms with Gasteiger partial charge >= 0.3 is 0 Å². The maximum Gasteiger partial charge on any atom is 0.268 e.